The highest BCUT2D eigenvalue weighted by molar-refractivity contribution is 6.13. The number of anilines is 1. The number of rotatable bonds is 6. The first-order valence-electron chi connectivity index (χ1n) is 8.53. The number of carbonyl (C=O) groups is 2. The van der Waals surface area contributed by atoms with Gasteiger partial charge >= 0.3 is 0 Å². The van der Waals surface area contributed by atoms with Crippen LogP contribution in [-0.4, -0.2) is 36.5 Å². The molecule has 0 radical (unpaired) electrons. The zero-order valence-corrected chi connectivity index (χ0v) is 14.8. The molecule has 1 aliphatic rings. The van der Waals surface area contributed by atoms with Crippen LogP contribution in [0.2, 0.25) is 0 Å². The van der Waals surface area contributed by atoms with Crippen molar-refractivity contribution in [2.75, 3.05) is 18.9 Å². The van der Waals surface area contributed by atoms with Crippen LogP contribution in [0.1, 0.15) is 23.0 Å². The first-order valence-corrected chi connectivity index (χ1v) is 8.53. The lowest BCUT2D eigenvalue weighted by Crippen LogP contribution is -2.42. The fourth-order valence-electron chi connectivity index (χ4n) is 2.67. The van der Waals surface area contributed by atoms with Gasteiger partial charge in [-0.25, -0.2) is 4.98 Å². The fourth-order valence-corrected chi connectivity index (χ4v) is 2.67. The molecule has 2 aromatic rings. The van der Waals surface area contributed by atoms with Crippen LogP contribution >= 0.6 is 0 Å². The van der Waals surface area contributed by atoms with E-state index in [9.17, 15) is 9.59 Å². The topological polar surface area (TPSA) is 92.3 Å². The summed E-state index contributed by atoms with van der Waals surface area (Å²) in [5.41, 5.74) is 1.83. The Kier molecular flexibility index (Phi) is 5.48. The molecule has 0 fully saturated rings. The van der Waals surface area contributed by atoms with E-state index < -0.39 is 5.92 Å². The summed E-state index contributed by atoms with van der Waals surface area (Å²) < 4.78 is 5.58. The van der Waals surface area contributed by atoms with Crippen LogP contribution < -0.4 is 20.7 Å². The Bertz CT molecular complexity index is 795. The van der Waals surface area contributed by atoms with E-state index in [2.05, 4.69) is 20.9 Å². The average Bonchev–Trinajstić information content (AvgIpc) is 2.67. The predicted octanol–water partition coefficient (Wildman–Crippen LogP) is 1.57. The van der Waals surface area contributed by atoms with Gasteiger partial charge in [-0.1, -0.05) is 30.3 Å². The molecule has 0 spiro atoms. The Morgan fingerprint density at radius 3 is 2.81 bits per heavy atom. The summed E-state index contributed by atoms with van der Waals surface area (Å²) in [5, 5.41) is 8.86. The van der Waals surface area contributed by atoms with Gasteiger partial charge in [0.1, 0.15) is 17.8 Å². The van der Waals surface area contributed by atoms with Crippen molar-refractivity contribution >= 4 is 17.4 Å². The number of pyridine rings is 1. The molecule has 3 rings (SSSR count). The lowest BCUT2D eigenvalue weighted by atomic mass is 9.95. The van der Waals surface area contributed by atoms with Gasteiger partial charge in [-0.2, -0.15) is 0 Å². The summed E-state index contributed by atoms with van der Waals surface area (Å²) in [6.45, 7) is 2.47. The van der Waals surface area contributed by atoms with Crippen molar-refractivity contribution in [3.8, 4) is 5.88 Å². The largest absolute Gasteiger partial charge is 0.459 e. The molecular formula is C19H22N4O3. The van der Waals surface area contributed by atoms with Gasteiger partial charge in [0.2, 0.25) is 11.8 Å². The van der Waals surface area contributed by atoms with E-state index in [-0.39, 0.29) is 30.2 Å². The minimum absolute atomic E-state index is 0.233. The molecule has 2 unspecified atom stereocenters. The molecule has 2 atom stereocenters. The van der Waals surface area contributed by atoms with Crippen molar-refractivity contribution in [1.29, 1.82) is 0 Å². The molecule has 1 amide bonds. The number of ketones is 1. The summed E-state index contributed by atoms with van der Waals surface area (Å²) in [4.78, 5) is 29.5. The lowest BCUT2D eigenvalue weighted by Gasteiger charge is -2.24. The minimum atomic E-state index is -0.810. The van der Waals surface area contributed by atoms with Crippen molar-refractivity contribution < 1.29 is 14.3 Å². The highest BCUT2D eigenvalue weighted by atomic mass is 16.5. The Balaban J connectivity index is 1.69. The maximum Gasteiger partial charge on any atom is 0.233 e. The van der Waals surface area contributed by atoms with Crippen molar-refractivity contribution in [2.24, 2.45) is 5.92 Å². The Morgan fingerprint density at radius 2 is 2.08 bits per heavy atom. The van der Waals surface area contributed by atoms with Gasteiger partial charge in [-0.05, 0) is 25.6 Å². The summed E-state index contributed by atoms with van der Waals surface area (Å²) in [6, 6.07) is 13.0. The standard InChI is InChI=1S/C19H22N4O3/c1-12(20-2)26-16-9-8-15-17(23-16)18(24)14(11-21-15)19(25)22-10-13-6-4-3-5-7-13/h3-9,12,14,20-21H,10-11H2,1-2H3,(H,22,25). The van der Waals surface area contributed by atoms with Crippen LogP contribution in [0, 0.1) is 5.92 Å². The molecule has 7 nitrogen and oxygen atoms in total. The number of hydrogen-bond donors (Lipinski definition) is 3. The summed E-state index contributed by atoms with van der Waals surface area (Å²) >= 11 is 0. The molecule has 0 saturated carbocycles. The number of carbonyl (C=O) groups excluding carboxylic acids is 2. The van der Waals surface area contributed by atoms with Gasteiger partial charge in [0.25, 0.3) is 0 Å². The van der Waals surface area contributed by atoms with Crippen LogP contribution in [0.3, 0.4) is 0 Å². The van der Waals surface area contributed by atoms with Crippen LogP contribution in [0.25, 0.3) is 0 Å². The number of ether oxygens (including phenoxy) is 1. The molecule has 0 bridgehead atoms. The van der Waals surface area contributed by atoms with E-state index >= 15 is 0 Å². The monoisotopic (exact) mass is 354 g/mol. The van der Waals surface area contributed by atoms with E-state index in [0.29, 0.717) is 18.1 Å². The number of hydrogen-bond acceptors (Lipinski definition) is 6. The van der Waals surface area contributed by atoms with Crippen molar-refractivity contribution in [3.05, 3.63) is 53.7 Å². The minimum Gasteiger partial charge on any atom is -0.459 e. The molecule has 2 heterocycles. The van der Waals surface area contributed by atoms with Gasteiger partial charge in [0.15, 0.2) is 5.78 Å². The number of benzene rings is 1. The first kappa shape index (κ1) is 17.9. The van der Waals surface area contributed by atoms with Crippen LogP contribution in [0.5, 0.6) is 5.88 Å². The van der Waals surface area contributed by atoms with Gasteiger partial charge < -0.3 is 15.4 Å². The summed E-state index contributed by atoms with van der Waals surface area (Å²) in [5.74, 6) is -1.08. The number of fused-ring (bicyclic) bond motifs is 1. The summed E-state index contributed by atoms with van der Waals surface area (Å²) in [6.07, 6.45) is -0.239. The molecule has 1 aromatic heterocycles. The van der Waals surface area contributed by atoms with Gasteiger partial charge in [0, 0.05) is 19.2 Å². The fraction of sp³-hybridized carbons (Fsp3) is 0.316. The van der Waals surface area contributed by atoms with Crippen molar-refractivity contribution in [3.63, 3.8) is 0 Å². The summed E-state index contributed by atoms with van der Waals surface area (Å²) in [7, 11) is 1.77. The first-order chi connectivity index (χ1) is 12.6. The second-order valence-electron chi connectivity index (χ2n) is 6.10. The highest BCUT2D eigenvalue weighted by Gasteiger charge is 2.34. The second kappa shape index (κ2) is 7.97. The zero-order valence-electron chi connectivity index (χ0n) is 14.8. The Labute approximate surface area is 152 Å². The third kappa shape index (κ3) is 4.00. The highest BCUT2D eigenvalue weighted by Crippen LogP contribution is 2.26. The molecule has 7 heteroatoms. The number of aromatic nitrogens is 1. The van der Waals surface area contributed by atoms with E-state index in [1.54, 1.807) is 19.2 Å². The van der Waals surface area contributed by atoms with E-state index in [1.807, 2.05) is 37.3 Å². The predicted molar refractivity (Wildman–Crippen MR) is 98.0 cm³/mol. The maximum absolute atomic E-state index is 12.7. The normalized spacial score (nSPS) is 17.0. The molecular weight excluding hydrogens is 332 g/mol. The SMILES string of the molecule is CNC(C)Oc1ccc2c(n1)C(=O)C(C(=O)NCc1ccccc1)CN2. The Hall–Kier alpha value is -2.93. The van der Waals surface area contributed by atoms with Gasteiger partial charge in [-0.15, -0.1) is 0 Å². The van der Waals surface area contributed by atoms with E-state index in [0.717, 1.165) is 5.56 Å². The quantitative estimate of drug-likeness (QED) is 0.539. The number of nitrogens with zero attached hydrogens (tertiary/aromatic N) is 1. The number of amides is 1. The molecule has 0 saturated heterocycles. The lowest BCUT2D eigenvalue weighted by molar-refractivity contribution is -0.123. The van der Waals surface area contributed by atoms with E-state index in [4.69, 9.17) is 4.74 Å². The molecule has 136 valence electrons. The Morgan fingerprint density at radius 1 is 1.31 bits per heavy atom. The zero-order chi connectivity index (χ0) is 18.5. The van der Waals surface area contributed by atoms with Crippen LogP contribution in [-0.2, 0) is 11.3 Å². The maximum atomic E-state index is 12.7. The van der Waals surface area contributed by atoms with Crippen molar-refractivity contribution in [1.82, 2.24) is 15.6 Å². The molecule has 26 heavy (non-hydrogen) atoms. The molecule has 3 N–H and O–H groups in total. The molecule has 1 aliphatic heterocycles. The number of nitrogens with one attached hydrogen (secondary N) is 3. The number of Topliss-reactive ketones (excluding diaryl/α,β-unsaturated/α-hetero) is 1. The third-order valence-corrected chi connectivity index (χ3v) is 4.25. The second-order valence-corrected chi connectivity index (χ2v) is 6.10. The average molecular weight is 354 g/mol. The molecule has 1 aromatic carbocycles. The van der Waals surface area contributed by atoms with Gasteiger partial charge in [-0.3, -0.25) is 14.9 Å². The van der Waals surface area contributed by atoms with Crippen molar-refractivity contribution in [2.45, 2.75) is 19.7 Å². The van der Waals surface area contributed by atoms with Crippen LogP contribution in [0.15, 0.2) is 42.5 Å². The van der Waals surface area contributed by atoms with E-state index in [1.165, 1.54) is 0 Å². The molecule has 0 aliphatic carbocycles. The van der Waals surface area contributed by atoms with Crippen LogP contribution in [0.4, 0.5) is 5.69 Å². The van der Waals surface area contributed by atoms with Gasteiger partial charge in [0.05, 0.1) is 5.69 Å². The smallest absolute Gasteiger partial charge is 0.233 e. The third-order valence-electron chi connectivity index (χ3n) is 4.25.